The highest BCUT2D eigenvalue weighted by Crippen LogP contribution is 2.54. The van der Waals surface area contributed by atoms with Crippen LogP contribution in [0.5, 0.6) is 0 Å². The number of nitrogens with zero attached hydrogens (tertiary/aromatic N) is 2. The van der Waals surface area contributed by atoms with Gasteiger partial charge >= 0.3 is 0 Å². The first-order chi connectivity index (χ1) is 31.6. The van der Waals surface area contributed by atoms with Crippen LogP contribution in [-0.4, -0.2) is 6.71 Å². The Morgan fingerprint density at radius 3 is 1.72 bits per heavy atom. The number of hydrogen-bond acceptors (Lipinski definition) is 4. The Morgan fingerprint density at radius 1 is 0.559 bits per heavy atom. The van der Waals surface area contributed by atoms with E-state index in [1.54, 1.807) is 0 Å². The molecule has 0 N–H and O–H groups in total. The standard InChI is InChI=1S/C63H71BN2OS/c1-36-28-48-54-49(29-36)66(40-24-22-37(23-25-40)58(2,3)4)57-53(43-33-44-45(35-51(43)68-57)63(16,17)27-26-62(44,14)15)64(54)47-34-46(61(11,12)13)52-42-20-18-19-21-50(42)67-56(52)55(47)65(48)41-31-38(59(5,6)7)30-39(32-41)60(8,9)10/h18-25,28-35H,26-27H2,1-17H3. The summed E-state index contributed by atoms with van der Waals surface area (Å²) in [5.74, 6) is 0. The molecule has 0 spiro atoms. The Morgan fingerprint density at radius 2 is 1.13 bits per heavy atom. The Labute approximate surface area is 411 Å². The minimum Gasteiger partial charge on any atom is -0.454 e. The lowest BCUT2D eigenvalue weighted by Gasteiger charge is -2.44. The van der Waals surface area contributed by atoms with Crippen LogP contribution in [-0.2, 0) is 32.5 Å². The minimum absolute atomic E-state index is 0.0416. The third-order valence-electron chi connectivity index (χ3n) is 16.1. The predicted molar refractivity (Wildman–Crippen MR) is 298 cm³/mol. The second-order valence-corrected chi connectivity index (χ2v) is 27.3. The maximum Gasteiger partial charge on any atom is 0.254 e. The molecule has 2 aliphatic heterocycles. The largest absolute Gasteiger partial charge is 0.454 e. The van der Waals surface area contributed by atoms with Crippen molar-refractivity contribution in [3.05, 3.63) is 136 Å². The quantitative estimate of drug-likeness (QED) is 0.161. The highest BCUT2D eigenvalue weighted by Gasteiger charge is 2.48. The normalized spacial score (nSPS) is 16.6. The number of para-hydroxylation sites is 1. The van der Waals surface area contributed by atoms with Gasteiger partial charge in [-0.15, -0.1) is 11.3 Å². The molecule has 0 amide bonds. The van der Waals surface area contributed by atoms with E-state index in [0.717, 1.165) is 16.9 Å². The van der Waals surface area contributed by atoms with Crippen LogP contribution in [0.3, 0.4) is 0 Å². The van der Waals surface area contributed by atoms with Crippen LogP contribution in [0.15, 0.2) is 101 Å². The van der Waals surface area contributed by atoms with Crippen LogP contribution in [0.25, 0.3) is 32.0 Å². The summed E-state index contributed by atoms with van der Waals surface area (Å²) in [5, 5.41) is 5.11. The molecule has 8 aromatic rings. The summed E-state index contributed by atoms with van der Waals surface area (Å²) in [6.07, 6.45) is 2.36. The second-order valence-electron chi connectivity index (χ2n) is 26.3. The van der Waals surface area contributed by atoms with E-state index in [0.29, 0.717) is 0 Å². The molecular weight excluding hydrogens is 844 g/mol. The average Bonchev–Trinajstić information content (AvgIpc) is 3.82. The molecule has 0 saturated carbocycles. The Hall–Kier alpha value is -5.26. The molecule has 3 nitrogen and oxygen atoms in total. The van der Waals surface area contributed by atoms with Gasteiger partial charge < -0.3 is 14.2 Å². The maximum atomic E-state index is 7.38. The van der Waals surface area contributed by atoms with Gasteiger partial charge in [-0.25, -0.2) is 0 Å². The fourth-order valence-corrected chi connectivity index (χ4v) is 13.2. The molecule has 0 saturated heterocycles. The first kappa shape index (κ1) is 45.2. The summed E-state index contributed by atoms with van der Waals surface area (Å²) in [6, 6.07) is 38.5. The fraction of sp³-hybridized carbons (Fsp3) is 0.397. The van der Waals surface area contributed by atoms with Crippen molar-refractivity contribution in [1.82, 2.24) is 0 Å². The molecule has 0 unspecified atom stereocenters. The van der Waals surface area contributed by atoms with Gasteiger partial charge in [0, 0.05) is 38.2 Å². The summed E-state index contributed by atoms with van der Waals surface area (Å²) >= 11 is 1.99. The smallest absolute Gasteiger partial charge is 0.254 e. The molecule has 4 heterocycles. The summed E-state index contributed by atoms with van der Waals surface area (Å²) < 4.78 is 8.76. The van der Waals surface area contributed by atoms with Crippen LogP contribution in [0.2, 0.25) is 0 Å². The summed E-state index contributed by atoms with van der Waals surface area (Å²) in [5.41, 5.74) is 21.5. The van der Waals surface area contributed by atoms with Crippen LogP contribution in [0.4, 0.5) is 33.4 Å². The molecular formula is C63H71BN2OS. The van der Waals surface area contributed by atoms with Crippen molar-refractivity contribution in [3.8, 4) is 0 Å². The van der Waals surface area contributed by atoms with Crippen molar-refractivity contribution in [2.45, 2.75) is 163 Å². The van der Waals surface area contributed by atoms with E-state index < -0.39 is 0 Å². The van der Waals surface area contributed by atoms with Crippen molar-refractivity contribution in [2.24, 2.45) is 0 Å². The van der Waals surface area contributed by atoms with Crippen molar-refractivity contribution < 1.29 is 4.42 Å². The number of hydrogen-bond donors (Lipinski definition) is 0. The van der Waals surface area contributed by atoms with Gasteiger partial charge in [0.2, 0.25) is 0 Å². The van der Waals surface area contributed by atoms with Crippen LogP contribution < -0.4 is 26.2 Å². The van der Waals surface area contributed by atoms with E-state index in [1.807, 2.05) is 11.3 Å². The van der Waals surface area contributed by atoms with Crippen LogP contribution >= 0.6 is 11.3 Å². The van der Waals surface area contributed by atoms with Gasteiger partial charge in [0.25, 0.3) is 6.71 Å². The molecule has 2 aromatic heterocycles. The lowest BCUT2D eigenvalue weighted by atomic mass is 9.33. The predicted octanol–water partition coefficient (Wildman–Crippen LogP) is 16.7. The SMILES string of the molecule is Cc1cc2c3c(c1)N(c1cc(C(C)(C)C)cc(C(C)(C)C)c1)c1c(cc(C(C)(C)C)c4c1oc1ccccc14)B3c1c(sc3cc4c(cc13)C(C)(C)CCC4(C)C)N2c1ccc(C(C)(C)C)cc1. The van der Waals surface area contributed by atoms with Crippen LogP contribution in [0, 0.1) is 6.92 Å². The Balaban J connectivity index is 1.34. The van der Waals surface area contributed by atoms with Gasteiger partial charge in [-0.2, -0.15) is 0 Å². The Bertz CT molecular complexity index is 3370. The first-order valence-corrected chi connectivity index (χ1v) is 26.1. The molecule has 348 valence electrons. The van der Waals surface area contributed by atoms with E-state index in [-0.39, 0.29) is 39.2 Å². The number of furan rings is 1. The number of fused-ring (bicyclic) bond motifs is 11. The number of anilines is 6. The average molecular weight is 915 g/mol. The molecule has 6 aromatic carbocycles. The molecule has 0 atom stereocenters. The van der Waals surface area contributed by atoms with E-state index in [9.17, 15) is 0 Å². The lowest BCUT2D eigenvalue weighted by molar-refractivity contribution is 0.332. The number of thiophene rings is 1. The number of aryl methyl sites for hydroxylation is 1. The Kier molecular flexibility index (Phi) is 9.58. The first-order valence-electron chi connectivity index (χ1n) is 25.2. The van der Waals surface area contributed by atoms with Crippen molar-refractivity contribution >= 4 is 99.9 Å². The summed E-state index contributed by atoms with van der Waals surface area (Å²) in [4.78, 5) is 5.27. The third-order valence-corrected chi connectivity index (χ3v) is 17.3. The van der Waals surface area contributed by atoms with E-state index in [4.69, 9.17) is 4.42 Å². The van der Waals surface area contributed by atoms with E-state index >= 15 is 0 Å². The highest BCUT2D eigenvalue weighted by molar-refractivity contribution is 7.26. The number of benzene rings is 6. The van der Waals surface area contributed by atoms with Gasteiger partial charge in [0.1, 0.15) is 5.58 Å². The van der Waals surface area contributed by atoms with Crippen molar-refractivity contribution in [2.75, 3.05) is 9.80 Å². The van der Waals surface area contributed by atoms with Gasteiger partial charge in [0.15, 0.2) is 5.58 Å². The zero-order valence-electron chi connectivity index (χ0n) is 43.9. The zero-order valence-corrected chi connectivity index (χ0v) is 44.8. The molecule has 11 rings (SSSR count). The minimum atomic E-state index is -0.170. The molecule has 0 radical (unpaired) electrons. The van der Waals surface area contributed by atoms with Gasteiger partial charge in [0.05, 0.1) is 10.7 Å². The molecule has 5 heteroatoms. The van der Waals surface area contributed by atoms with Gasteiger partial charge in [-0.05, 0) is 168 Å². The molecule has 0 bridgehead atoms. The molecule has 3 aliphatic rings. The fourth-order valence-electron chi connectivity index (χ4n) is 11.9. The lowest BCUT2D eigenvalue weighted by Crippen LogP contribution is -2.61. The second kappa shape index (κ2) is 14.4. The highest BCUT2D eigenvalue weighted by atomic mass is 32.1. The maximum absolute atomic E-state index is 7.38. The van der Waals surface area contributed by atoms with Gasteiger partial charge in [-0.1, -0.05) is 153 Å². The monoisotopic (exact) mass is 915 g/mol. The molecule has 0 fully saturated rings. The number of rotatable bonds is 2. The van der Waals surface area contributed by atoms with E-state index in [1.165, 1.54) is 117 Å². The summed E-state index contributed by atoms with van der Waals surface area (Å²) in [7, 11) is 0. The molecule has 1 aliphatic carbocycles. The van der Waals surface area contributed by atoms with Crippen LogP contribution in [0.1, 0.15) is 163 Å². The van der Waals surface area contributed by atoms with Gasteiger partial charge in [-0.3, -0.25) is 0 Å². The summed E-state index contributed by atoms with van der Waals surface area (Å²) in [6.45, 7) is 40.3. The zero-order chi connectivity index (χ0) is 48.6. The topological polar surface area (TPSA) is 19.6 Å². The van der Waals surface area contributed by atoms with Crippen molar-refractivity contribution in [3.63, 3.8) is 0 Å². The van der Waals surface area contributed by atoms with E-state index in [2.05, 4.69) is 225 Å². The van der Waals surface area contributed by atoms with Crippen molar-refractivity contribution in [1.29, 1.82) is 0 Å². The third kappa shape index (κ3) is 6.79. The molecule has 68 heavy (non-hydrogen) atoms.